The number of cyclic esters (lactones) is 2. The first kappa shape index (κ1) is 10.8. The average molecular weight is 236 g/mol. The van der Waals surface area contributed by atoms with Gasteiger partial charge in [-0.15, -0.1) is 0 Å². The Morgan fingerprint density at radius 1 is 1.06 bits per heavy atom. The number of ether oxygens (including phenoxy) is 2. The number of carbonyl (C=O) groups is 2. The SMILES string of the molecule is C=C1C2C(C13C(=O)OC(C)(C)OC3=O)C2(C)C. The zero-order chi connectivity index (χ0) is 12.8. The Balaban J connectivity index is 2.03. The zero-order valence-corrected chi connectivity index (χ0v) is 10.5. The van der Waals surface area contributed by atoms with Crippen LogP contribution in [0.5, 0.6) is 0 Å². The van der Waals surface area contributed by atoms with Crippen molar-refractivity contribution >= 4 is 11.9 Å². The summed E-state index contributed by atoms with van der Waals surface area (Å²) in [5.41, 5.74) is -0.599. The Labute approximate surface area is 100.0 Å². The van der Waals surface area contributed by atoms with Gasteiger partial charge in [-0.05, 0) is 16.9 Å². The maximum Gasteiger partial charge on any atom is 0.331 e. The fourth-order valence-corrected chi connectivity index (χ4v) is 3.67. The van der Waals surface area contributed by atoms with Crippen molar-refractivity contribution in [1.82, 2.24) is 0 Å². The lowest BCUT2D eigenvalue weighted by molar-refractivity contribution is -0.252. The van der Waals surface area contributed by atoms with E-state index in [0.717, 1.165) is 0 Å². The highest BCUT2D eigenvalue weighted by molar-refractivity contribution is 6.09. The Bertz CT molecular complexity index is 452. The molecule has 0 aromatic heterocycles. The molecule has 1 heterocycles. The van der Waals surface area contributed by atoms with Gasteiger partial charge in [0.25, 0.3) is 5.79 Å². The van der Waals surface area contributed by atoms with Gasteiger partial charge in [0.2, 0.25) is 0 Å². The van der Waals surface area contributed by atoms with Gasteiger partial charge >= 0.3 is 11.9 Å². The summed E-state index contributed by atoms with van der Waals surface area (Å²) in [6.07, 6.45) is 0. The third-order valence-corrected chi connectivity index (χ3v) is 4.50. The molecule has 1 aliphatic heterocycles. The van der Waals surface area contributed by atoms with Crippen molar-refractivity contribution in [2.24, 2.45) is 22.7 Å². The first-order valence-electron chi connectivity index (χ1n) is 5.82. The number of fused-ring (bicyclic) bond motifs is 2. The number of rotatable bonds is 0. The smallest absolute Gasteiger partial charge is 0.331 e. The first-order chi connectivity index (χ1) is 7.65. The molecule has 0 aromatic rings. The molecule has 4 nitrogen and oxygen atoms in total. The van der Waals surface area contributed by atoms with E-state index in [4.69, 9.17) is 9.47 Å². The fraction of sp³-hybridized carbons (Fsp3) is 0.692. The number of hydrogen-bond acceptors (Lipinski definition) is 4. The third-order valence-electron chi connectivity index (χ3n) is 4.50. The minimum Gasteiger partial charge on any atom is -0.422 e. The lowest BCUT2D eigenvalue weighted by atomic mass is 9.64. The molecule has 3 rings (SSSR count). The van der Waals surface area contributed by atoms with Crippen molar-refractivity contribution in [3.05, 3.63) is 12.2 Å². The molecule has 2 unspecified atom stereocenters. The molecule has 2 saturated carbocycles. The highest BCUT2D eigenvalue weighted by Gasteiger charge is 2.86. The summed E-state index contributed by atoms with van der Waals surface area (Å²) in [5, 5.41) is 0. The second-order valence-electron chi connectivity index (χ2n) is 6.29. The van der Waals surface area contributed by atoms with Crippen LogP contribution in [0.3, 0.4) is 0 Å². The third kappa shape index (κ3) is 0.919. The number of hydrogen-bond donors (Lipinski definition) is 0. The predicted molar refractivity (Wildman–Crippen MR) is 58.6 cm³/mol. The summed E-state index contributed by atoms with van der Waals surface area (Å²) in [6, 6.07) is 0. The summed E-state index contributed by atoms with van der Waals surface area (Å²) in [6.45, 7) is 11.1. The van der Waals surface area contributed by atoms with Crippen molar-refractivity contribution in [2.75, 3.05) is 0 Å². The minimum absolute atomic E-state index is 0.00130. The van der Waals surface area contributed by atoms with Gasteiger partial charge in [0.15, 0.2) is 5.41 Å². The van der Waals surface area contributed by atoms with E-state index >= 15 is 0 Å². The van der Waals surface area contributed by atoms with Crippen molar-refractivity contribution in [2.45, 2.75) is 33.5 Å². The van der Waals surface area contributed by atoms with E-state index in [-0.39, 0.29) is 17.3 Å². The standard InChI is InChI=1S/C13H16O4/c1-6-7-8(11(7,2)3)13(6)9(14)16-12(4,5)17-10(13)15/h7-8H,1H2,2-5H3. The molecule has 0 radical (unpaired) electrons. The molecular weight excluding hydrogens is 220 g/mol. The number of carbonyl (C=O) groups excluding carboxylic acids is 2. The summed E-state index contributed by atoms with van der Waals surface area (Å²) in [4.78, 5) is 24.4. The van der Waals surface area contributed by atoms with E-state index in [1.165, 1.54) is 0 Å². The number of esters is 2. The minimum atomic E-state index is -1.22. The van der Waals surface area contributed by atoms with Crippen molar-refractivity contribution in [3.8, 4) is 0 Å². The van der Waals surface area contributed by atoms with E-state index in [0.29, 0.717) is 5.57 Å². The van der Waals surface area contributed by atoms with Crippen LogP contribution in [0.2, 0.25) is 0 Å². The van der Waals surface area contributed by atoms with E-state index in [9.17, 15) is 9.59 Å². The molecule has 0 bridgehead atoms. The van der Waals surface area contributed by atoms with Crippen molar-refractivity contribution in [1.29, 1.82) is 0 Å². The lowest BCUT2D eigenvalue weighted by Crippen LogP contribution is -2.59. The van der Waals surface area contributed by atoms with Gasteiger partial charge in [-0.25, -0.2) is 0 Å². The van der Waals surface area contributed by atoms with Gasteiger partial charge in [0.1, 0.15) is 0 Å². The molecule has 1 spiro atoms. The molecule has 3 aliphatic rings. The average Bonchev–Trinajstić information content (AvgIpc) is 2.60. The Morgan fingerprint density at radius 3 is 1.88 bits per heavy atom. The van der Waals surface area contributed by atoms with Crippen LogP contribution in [0.1, 0.15) is 27.7 Å². The summed E-state index contributed by atoms with van der Waals surface area (Å²) in [7, 11) is 0. The highest BCUT2D eigenvalue weighted by atomic mass is 16.7. The van der Waals surface area contributed by atoms with Crippen LogP contribution in [-0.4, -0.2) is 17.7 Å². The van der Waals surface area contributed by atoms with Crippen LogP contribution < -0.4 is 0 Å². The molecule has 1 saturated heterocycles. The highest BCUT2D eigenvalue weighted by Crippen LogP contribution is 2.81. The molecule has 2 atom stereocenters. The van der Waals surface area contributed by atoms with Gasteiger partial charge < -0.3 is 9.47 Å². The molecule has 3 fully saturated rings. The van der Waals surface area contributed by atoms with E-state index in [1.807, 2.05) is 13.8 Å². The maximum absolute atomic E-state index is 12.2. The van der Waals surface area contributed by atoms with E-state index < -0.39 is 23.1 Å². The van der Waals surface area contributed by atoms with Gasteiger partial charge in [0, 0.05) is 19.8 Å². The predicted octanol–water partition coefficient (Wildman–Crippen LogP) is 1.65. The van der Waals surface area contributed by atoms with E-state index in [1.54, 1.807) is 13.8 Å². The molecule has 4 heteroatoms. The zero-order valence-electron chi connectivity index (χ0n) is 10.5. The molecule has 17 heavy (non-hydrogen) atoms. The van der Waals surface area contributed by atoms with Crippen molar-refractivity contribution < 1.29 is 19.1 Å². The molecule has 0 N–H and O–H groups in total. The second-order valence-corrected chi connectivity index (χ2v) is 6.29. The Morgan fingerprint density at radius 2 is 1.53 bits per heavy atom. The van der Waals surface area contributed by atoms with Crippen molar-refractivity contribution in [3.63, 3.8) is 0 Å². The topological polar surface area (TPSA) is 52.6 Å². The van der Waals surface area contributed by atoms with Gasteiger partial charge in [-0.3, -0.25) is 9.59 Å². The second kappa shape index (κ2) is 2.42. The first-order valence-corrected chi connectivity index (χ1v) is 5.82. The monoisotopic (exact) mass is 236 g/mol. The van der Waals surface area contributed by atoms with Gasteiger partial charge in [-0.1, -0.05) is 20.4 Å². The van der Waals surface area contributed by atoms with Gasteiger partial charge in [0.05, 0.1) is 0 Å². The maximum atomic E-state index is 12.2. The summed E-state index contributed by atoms with van der Waals surface area (Å²) < 4.78 is 10.4. The van der Waals surface area contributed by atoms with Crippen LogP contribution in [0.25, 0.3) is 0 Å². The lowest BCUT2D eigenvalue weighted by Gasteiger charge is -2.45. The van der Waals surface area contributed by atoms with Crippen LogP contribution in [0.4, 0.5) is 0 Å². The Kier molecular flexibility index (Phi) is 1.54. The fourth-order valence-electron chi connectivity index (χ4n) is 3.67. The van der Waals surface area contributed by atoms with E-state index in [2.05, 4.69) is 6.58 Å². The summed E-state index contributed by atoms with van der Waals surface area (Å²) >= 11 is 0. The summed E-state index contributed by atoms with van der Waals surface area (Å²) in [5.74, 6) is -1.89. The van der Waals surface area contributed by atoms with Crippen LogP contribution >= 0.6 is 0 Å². The van der Waals surface area contributed by atoms with Gasteiger partial charge in [-0.2, -0.15) is 0 Å². The molecule has 92 valence electrons. The molecule has 2 aliphatic carbocycles. The quantitative estimate of drug-likeness (QED) is 0.364. The normalized spacial score (nSPS) is 38.9. The molecule has 0 amide bonds. The Hall–Kier alpha value is -1.32. The van der Waals surface area contributed by atoms with Crippen LogP contribution in [0.15, 0.2) is 12.2 Å². The molecular formula is C13H16O4. The van der Waals surface area contributed by atoms with Crippen LogP contribution in [0, 0.1) is 22.7 Å². The van der Waals surface area contributed by atoms with Crippen LogP contribution in [-0.2, 0) is 19.1 Å². The largest absolute Gasteiger partial charge is 0.422 e. The molecule has 0 aromatic carbocycles.